The maximum absolute atomic E-state index is 13.0. The number of rotatable bonds is 7. The number of hydrogen-bond donors (Lipinski definition) is 3. The van der Waals surface area contributed by atoms with Crippen molar-refractivity contribution >= 4 is 34.4 Å². The van der Waals surface area contributed by atoms with Crippen LogP contribution in [0, 0.1) is 0 Å². The van der Waals surface area contributed by atoms with E-state index in [2.05, 4.69) is 32.1 Å². The lowest BCUT2D eigenvalue weighted by molar-refractivity contribution is -0.130. The largest absolute Gasteiger partial charge is 0.378 e. The maximum Gasteiger partial charge on any atom is 0.244 e. The summed E-state index contributed by atoms with van der Waals surface area (Å²) in [6.07, 6.45) is 3.05. The normalized spacial score (nSPS) is 17.0. The smallest absolute Gasteiger partial charge is 0.244 e. The van der Waals surface area contributed by atoms with Gasteiger partial charge < -0.3 is 25.3 Å². The van der Waals surface area contributed by atoms with Gasteiger partial charge in [0.2, 0.25) is 11.8 Å². The number of morpholine rings is 1. The molecular weight excluding hydrogens is 458 g/mol. The van der Waals surface area contributed by atoms with E-state index in [1.807, 2.05) is 49.1 Å². The van der Waals surface area contributed by atoms with E-state index in [0.717, 1.165) is 41.3 Å². The van der Waals surface area contributed by atoms with E-state index >= 15 is 0 Å². The number of pyridine rings is 1. The third-order valence-electron chi connectivity index (χ3n) is 6.87. The number of carbonyl (C=O) groups is 2. The molecule has 5 rings (SSSR count). The summed E-state index contributed by atoms with van der Waals surface area (Å²) < 4.78 is 5.46. The number of imidazole rings is 1. The van der Waals surface area contributed by atoms with Crippen LogP contribution in [-0.4, -0.2) is 82.6 Å². The standard InChI is InChI=1S/C26H31N7O3/c1-4-21(34)28-19-15-33(16-19)26(2,3)25(35)29-18-7-5-17(6-8-18)23-30-20-9-10-27-24(22(20)31-23)32-11-13-36-14-12-32/h4-10,19H,1,11-16H2,2-3H3,(H,28,34)(H,29,35)(H,30,31). The fourth-order valence-corrected chi connectivity index (χ4v) is 4.49. The van der Waals surface area contributed by atoms with Crippen LogP contribution in [0.2, 0.25) is 0 Å². The minimum Gasteiger partial charge on any atom is -0.378 e. The number of fused-ring (bicyclic) bond motifs is 1. The van der Waals surface area contributed by atoms with Crippen LogP contribution in [0.1, 0.15) is 13.8 Å². The molecule has 0 saturated carbocycles. The van der Waals surface area contributed by atoms with Gasteiger partial charge in [0.05, 0.1) is 30.3 Å². The summed E-state index contributed by atoms with van der Waals surface area (Å²) in [7, 11) is 0. The highest BCUT2D eigenvalue weighted by molar-refractivity contribution is 5.98. The number of anilines is 2. The SMILES string of the molecule is C=CC(=O)NC1CN(C(C)(C)C(=O)Nc2ccc(-c3nc4c(N5CCOCC5)nccc4[nH]3)cc2)C1. The summed E-state index contributed by atoms with van der Waals surface area (Å²) in [6.45, 7) is 11.4. The van der Waals surface area contributed by atoms with E-state index in [1.54, 1.807) is 6.20 Å². The van der Waals surface area contributed by atoms with Gasteiger partial charge >= 0.3 is 0 Å². The molecule has 36 heavy (non-hydrogen) atoms. The van der Waals surface area contributed by atoms with E-state index in [-0.39, 0.29) is 17.9 Å². The number of benzene rings is 1. The topological polar surface area (TPSA) is 115 Å². The molecule has 2 aliphatic heterocycles. The van der Waals surface area contributed by atoms with Gasteiger partial charge in [0.1, 0.15) is 11.3 Å². The van der Waals surface area contributed by atoms with Gasteiger partial charge in [-0.3, -0.25) is 14.5 Å². The minimum atomic E-state index is -0.713. The van der Waals surface area contributed by atoms with Crippen LogP contribution in [0.5, 0.6) is 0 Å². The Morgan fingerprint density at radius 1 is 1.17 bits per heavy atom. The zero-order valence-electron chi connectivity index (χ0n) is 20.6. The van der Waals surface area contributed by atoms with Crippen molar-refractivity contribution < 1.29 is 14.3 Å². The molecule has 1 aromatic carbocycles. The first-order valence-corrected chi connectivity index (χ1v) is 12.1. The molecule has 2 amide bonds. The van der Waals surface area contributed by atoms with E-state index in [4.69, 9.17) is 9.72 Å². The predicted octanol–water partition coefficient (Wildman–Crippen LogP) is 2.17. The highest BCUT2D eigenvalue weighted by Gasteiger charge is 2.42. The number of aromatic amines is 1. The van der Waals surface area contributed by atoms with Gasteiger partial charge in [-0.15, -0.1) is 0 Å². The average molecular weight is 490 g/mol. The van der Waals surface area contributed by atoms with Gasteiger partial charge in [-0.1, -0.05) is 6.58 Å². The van der Waals surface area contributed by atoms with Crippen molar-refractivity contribution in [3.05, 3.63) is 49.2 Å². The second-order valence-electron chi connectivity index (χ2n) is 9.62. The van der Waals surface area contributed by atoms with Crippen LogP contribution in [0.15, 0.2) is 49.2 Å². The monoisotopic (exact) mass is 489 g/mol. The van der Waals surface area contributed by atoms with Crippen molar-refractivity contribution in [2.24, 2.45) is 0 Å². The van der Waals surface area contributed by atoms with Crippen molar-refractivity contribution in [2.75, 3.05) is 49.6 Å². The van der Waals surface area contributed by atoms with Crippen molar-refractivity contribution in [3.63, 3.8) is 0 Å². The first kappa shape index (κ1) is 24.0. The quantitative estimate of drug-likeness (QED) is 0.436. The Morgan fingerprint density at radius 2 is 1.89 bits per heavy atom. The molecule has 2 aliphatic rings. The summed E-state index contributed by atoms with van der Waals surface area (Å²) in [5.41, 5.74) is 2.68. The van der Waals surface area contributed by atoms with Crippen LogP contribution in [-0.2, 0) is 14.3 Å². The predicted molar refractivity (Wildman–Crippen MR) is 139 cm³/mol. The molecule has 2 fully saturated rings. The van der Waals surface area contributed by atoms with Crippen molar-refractivity contribution in [3.8, 4) is 11.4 Å². The number of H-pyrrole nitrogens is 1. The third-order valence-corrected chi connectivity index (χ3v) is 6.87. The maximum atomic E-state index is 13.0. The molecule has 0 aliphatic carbocycles. The van der Waals surface area contributed by atoms with Gasteiger partial charge in [-0.25, -0.2) is 9.97 Å². The molecule has 188 valence electrons. The number of aromatic nitrogens is 3. The molecule has 0 unspecified atom stereocenters. The van der Waals surface area contributed by atoms with Crippen molar-refractivity contribution in [1.82, 2.24) is 25.2 Å². The van der Waals surface area contributed by atoms with Crippen molar-refractivity contribution in [2.45, 2.75) is 25.4 Å². The van der Waals surface area contributed by atoms with Gasteiger partial charge in [0.15, 0.2) is 5.82 Å². The number of ether oxygens (including phenoxy) is 1. The van der Waals surface area contributed by atoms with Crippen LogP contribution < -0.4 is 15.5 Å². The Morgan fingerprint density at radius 3 is 2.58 bits per heavy atom. The number of likely N-dealkylation sites (tertiary alicyclic amines) is 1. The molecule has 0 radical (unpaired) electrons. The van der Waals surface area contributed by atoms with E-state index < -0.39 is 5.54 Å². The van der Waals surface area contributed by atoms with Gasteiger partial charge in [0.25, 0.3) is 0 Å². The molecule has 2 saturated heterocycles. The number of hydrogen-bond acceptors (Lipinski definition) is 7. The molecule has 0 spiro atoms. The third kappa shape index (κ3) is 4.69. The van der Waals surface area contributed by atoms with Gasteiger partial charge in [-0.05, 0) is 50.3 Å². The Balaban J connectivity index is 1.25. The lowest BCUT2D eigenvalue weighted by Crippen LogP contribution is -2.68. The Kier molecular flexibility index (Phi) is 6.46. The fraction of sp³-hybridized carbons (Fsp3) is 0.385. The lowest BCUT2D eigenvalue weighted by atomic mass is 9.94. The fourth-order valence-electron chi connectivity index (χ4n) is 4.49. The van der Waals surface area contributed by atoms with E-state index in [9.17, 15) is 9.59 Å². The zero-order chi connectivity index (χ0) is 25.3. The molecular formula is C26H31N7O3. The van der Waals surface area contributed by atoms with Crippen LogP contribution in [0.3, 0.4) is 0 Å². The second kappa shape index (κ2) is 9.71. The van der Waals surface area contributed by atoms with Crippen LogP contribution in [0.25, 0.3) is 22.4 Å². The number of carbonyl (C=O) groups excluding carboxylic acids is 2. The zero-order valence-corrected chi connectivity index (χ0v) is 20.6. The molecule has 4 heterocycles. The minimum absolute atomic E-state index is 0.0321. The Labute approximate surface area is 209 Å². The first-order valence-electron chi connectivity index (χ1n) is 12.1. The van der Waals surface area contributed by atoms with Gasteiger partial charge in [0, 0.05) is 43.6 Å². The molecule has 3 aromatic rings. The van der Waals surface area contributed by atoms with Gasteiger partial charge in [-0.2, -0.15) is 0 Å². The first-order chi connectivity index (χ1) is 17.3. The number of amides is 2. The van der Waals surface area contributed by atoms with E-state index in [0.29, 0.717) is 32.0 Å². The Hall–Kier alpha value is -3.76. The number of nitrogens with one attached hydrogen (secondary N) is 3. The highest BCUT2D eigenvalue weighted by atomic mass is 16.5. The Bertz CT molecular complexity index is 1270. The number of nitrogens with zero attached hydrogens (tertiary/aromatic N) is 4. The van der Waals surface area contributed by atoms with Crippen LogP contribution in [0.4, 0.5) is 11.5 Å². The summed E-state index contributed by atoms with van der Waals surface area (Å²) in [6, 6.07) is 9.58. The molecule has 0 bridgehead atoms. The lowest BCUT2D eigenvalue weighted by Gasteiger charge is -2.48. The molecule has 2 aromatic heterocycles. The molecule has 3 N–H and O–H groups in total. The summed E-state index contributed by atoms with van der Waals surface area (Å²) in [5, 5.41) is 5.87. The molecule has 0 atom stereocenters. The average Bonchev–Trinajstić information content (AvgIpc) is 3.31. The molecule has 10 heteroatoms. The highest BCUT2D eigenvalue weighted by Crippen LogP contribution is 2.28. The van der Waals surface area contributed by atoms with Crippen molar-refractivity contribution in [1.29, 1.82) is 0 Å². The second-order valence-corrected chi connectivity index (χ2v) is 9.62. The van der Waals surface area contributed by atoms with E-state index in [1.165, 1.54) is 6.08 Å². The molecule has 10 nitrogen and oxygen atoms in total. The van der Waals surface area contributed by atoms with Crippen LogP contribution >= 0.6 is 0 Å². The summed E-state index contributed by atoms with van der Waals surface area (Å²) in [5.74, 6) is 1.31. The summed E-state index contributed by atoms with van der Waals surface area (Å²) in [4.78, 5) is 41.5. The summed E-state index contributed by atoms with van der Waals surface area (Å²) >= 11 is 0.